The Morgan fingerprint density at radius 3 is 2.63 bits per heavy atom. The number of likely N-dealkylation sites (N-methyl/N-ethyl adjacent to an activating group) is 1. The molecule has 8 nitrogen and oxygen atoms in total. The summed E-state index contributed by atoms with van der Waals surface area (Å²) in [6.45, 7) is 8.82. The van der Waals surface area contributed by atoms with E-state index in [0.717, 1.165) is 25.9 Å². The summed E-state index contributed by atoms with van der Waals surface area (Å²) in [4.78, 5) is 30.1. The van der Waals surface area contributed by atoms with Crippen molar-refractivity contribution in [2.75, 3.05) is 32.7 Å². The number of rotatable bonds is 8. The van der Waals surface area contributed by atoms with Crippen LogP contribution < -0.4 is 10.9 Å². The molecule has 164 valence electrons. The number of hydrogen-bond acceptors (Lipinski definition) is 5. The Labute approximate surface area is 177 Å². The predicted molar refractivity (Wildman–Crippen MR) is 117 cm³/mol. The third-order valence-corrected chi connectivity index (χ3v) is 7.85. The van der Waals surface area contributed by atoms with Crippen molar-refractivity contribution in [3.63, 3.8) is 0 Å². The molecule has 0 spiro atoms. The van der Waals surface area contributed by atoms with E-state index in [9.17, 15) is 18.0 Å². The van der Waals surface area contributed by atoms with Crippen LogP contribution in [0.15, 0.2) is 34.0 Å². The Kier molecular flexibility index (Phi) is 6.95. The van der Waals surface area contributed by atoms with Crippen LogP contribution in [0.4, 0.5) is 0 Å². The average Bonchev–Trinajstić information content (AvgIpc) is 3.19. The van der Waals surface area contributed by atoms with Crippen LogP contribution in [-0.4, -0.2) is 67.3 Å². The van der Waals surface area contributed by atoms with Gasteiger partial charge in [0.1, 0.15) is 0 Å². The SMILES string of the molecule is CCN1CCC[C@@H]1CNC(=O)c1cc(=O)[nH]c2ccc(S(=O)(=O)N(CC)CC)cc12. The number of sulfonamides is 1. The number of fused-ring (bicyclic) bond motifs is 1. The van der Waals surface area contributed by atoms with Gasteiger partial charge in [-0.3, -0.25) is 14.5 Å². The smallest absolute Gasteiger partial charge is 0.252 e. The molecule has 1 aromatic heterocycles. The predicted octanol–water partition coefficient (Wildman–Crippen LogP) is 1.77. The number of benzene rings is 1. The number of carbonyl (C=O) groups excluding carboxylic acids is 1. The first-order valence-corrected chi connectivity index (χ1v) is 11.9. The van der Waals surface area contributed by atoms with Crippen LogP contribution in [0.2, 0.25) is 0 Å². The number of pyridine rings is 1. The van der Waals surface area contributed by atoms with Crippen LogP contribution in [-0.2, 0) is 10.0 Å². The summed E-state index contributed by atoms with van der Waals surface area (Å²) in [6.07, 6.45) is 2.13. The molecule has 1 aromatic carbocycles. The second-order valence-corrected chi connectivity index (χ2v) is 9.42. The van der Waals surface area contributed by atoms with E-state index < -0.39 is 15.6 Å². The molecule has 1 atom stereocenters. The van der Waals surface area contributed by atoms with Crippen molar-refractivity contribution in [3.8, 4) is 0 Å². The van der Waals surface area contributed by atoms with Gasteiger partial charge in [-0.2, -0.15) is 4.31 Å². The van der Waals surface area contributed by atoms with Gasteiger partial charge in [0.15, 0.2) is 0 Å². The normalized spacial score (nSPS) is 17.7. The van der Waals surface area contributed by atoms with Crippen molar-refractivity contribution in [2.45, 2.75) is 44.6 Å². The van der Waals surface area contributed by atoms with E-state index >= 15 is 0 Å². The fourth-order valence-corrected chi connectivity index (χ4v) is 5.63. The first-order chi connectivity index (χ1) is 14.3. The summed E-state index contributed by atoms with van der Waals surface area (Å²) < 4.78 is 27.2. The van der Waals surface area contributed by atoms with Crippen LogP contribution in [0.5, 0.6) is 0 Å². The highest BCUT2D eigenvalue weighted by Gasteiger charge is 2.25. The molecule has 2 N–H and O–H groups in total. The lowest BCUT2D eigenvalue weighted by Gasteiger charge is -2.23. The van der Waals surface area contributed by atoms with Crippen molar-refractivity contribution in [1.29, 1.82) is 0 Å². The number of likely N-dealkylation sites (tertiary alicyclic amines) is 1. The first kappa shape index (κ1) is 22.5. The van der Waals surface area contributed by atoms with E-state index in [4.69, 9.17) is 0 Å². The summed E-state index contributed by atoms with van der Waals surface area (Å²) >= 11 is 0. The molecular weight excluding hydrogens is 404 g/mol. The molecule has 2 aromatic rings. The number of carbonyl (C=O) groups is 1. The molecule has 3 rings (SSSR count). The molecule has 2 heterocycles. The minimum absolute atomic E-state index is 0.104. The zero-order valence-corrected chi connectivity index (χ0v) is 18.6. The topological polar surface area (TPSA) is 103 Å². The molecule has 0 saturated carbocycles. The maximum atomic E-state index is 12.9. The molecule has 1 aliphatic rings. The summed E-state index contributed by atoms with van der Waals surface area (Å²) in [5.41, 5.74) is 0.219. The van der Waals surface area contributed by atoms with E-state index in [2.05, 4.69) is 22.1 Å². The van der Waals surface area contributed by atoms with Gasteiger partial charge in [0.05, 0.1) is 10.5 Å². The molecular formula is C21H30N4O4S. The second kappa shape index (κ2) is 9.28. The number of nitrogens with one attached hydrogen (secondary N) is 2. The Morgan fingerprint density at radius 2 is 1.97 bits per heavy atom. The minimum atomic E-state index is -3.68. The fraction of sp³-hybridized carbons (Fsp3) is 0.524. The zero-order valence-electron chi connectivity index (χ0n) is 17.8. The van der Waals surface area contributed by atoms with Gasteiger partial charge in [0.25, 0.3) is 5.91 Å². The molecule has 0 bridgehead atoms. The van der Waals surface area contributed by atoms with Crippen molar-refractivity contribution < 1.29 is 13.2 Å². The molecule has 1 aliphatic heterocycles. The lowest BCUT2D eigenvalue weighted by atomic mass is 10.1. The fourth-order valence-electron chi connectivity index (χ4n) is 4.14. The van der Waals surface area contributed by atoms with E-state index in [1.807, 2.05) is 0 Å². The van der Waals surface area contributed by atoms with Gasteiger partial charge in [0, 0.05) is 42.6 Å². The highest BCUT2D eigenvalue weighted by molar-refractivity contribution is 7.89. The third-order valence-electron chi connectivity index (χ3n) is 5.81. The van der Waals surface area contributed by atoms with Crippen LogP contribution in [0.3, 0.4) is 0 Å². The van der Waals surface area contributed by atoms with Gasteiger partial charge >= 0.3 is 0 Å². The number of nitrogens with zero attached hydrogens (tertiary/aromatic N) is 2. The van der Waals surface area contributed by atoms with E-state index in [0.29, 0.717) is 30.5 Å². The second-order valence-electron chi connectivity index (χ2n) is 7.48. The molecule has 30 heavy (non-hydrogen) atoms. The molecule has 1 saturated heterocycles. The van der Waals surface area contributed by atoms with Gasteiger partial charge in [-0.05, 0) is 44.1 Å². The van der Waals surface area contributed by atoms with Crippen LogP contribution >= 0.6 is 0 Å². The van der Waals surface area contributed by atoms with Crippen LogP contribution in [0.1, 0.15) is 44.0 Å². The quantitative estimate of drug-likeness (QED) is 0.659. The van der Waals surface area contributed by atoms with Crippen LogP contribution in [0.25, 0.3) is 10.9 Å². The Bertz CT molecular complexity index is 1080. The summed E-state index contributed by atoms with van der Waals surface area (Å²) in [5.74, 6) is -0.369. The van der Waals surface area contributed by atoms with Crippen molar-refractivity contribution >= 4 is 26.8 Å². The molecule has 0 radical (unpaired) electrons. The van der Waals surface area contributed by atoms with E-state index in [1.165, 1.54) is 22.5 Å². The third kappa shape index (κ3) is 4.43. The molecule has 1 amide bonds. The highest BCUT2D eigenvalue weighted by Crippen LogP contribution is 2.23. The molecule has 9 heteroatoms. The van der Waals surface area contributed by atoms with Gasteiger partial charge in [-0.25, -0.2) is 8.42 Å². The maximum Gasteiger partial charge on any atom is 0.252 e. The Balaban J connectivity index is 1.95. The van der Waals surface area contributed by atoms with Crippen LogP contribution in [0, 0.1) is 0 Å². The molecule has 0 aliphatic carbocycles. The number of aromatic nitrogens is 1. The summed E-state index contributed by atoms with van der Waals surface area (Å²) in [7, 11) is -3.68. The van der Waals surface area contributed by atoms with Crippen molar-refractivity contribution in [1.82, 2.24) is 19.5 Å². The standard InChI is InChI=1S/C21H30N4O4S/c1-4-24-11-7-8-15(24)14-22-21(27)18-13-20(26)23-19-10-9-16(12-17(18)19)30(28,29)25(5-2)6-3/h9-10,12-13,15H,4-8,11,14H2,1-3H3,(H,22,27)(H,23,26)/t15-/m1/s1. The van der Waals surface area contributed by atoms with E-state index in [1.54, 1.807) is 19.9 Å². The first-order valence-electron chi connectivity index (χ1n) is 10.5. The minimum Gasteiger partial charge on any atom is -0.350 e. The highest BCUT2D eigenvalue weighted by atomic mass is 32.2. The lowest BCUT2D eigenvalue weighted by Crippen LogP contribution is -2.40. The molecule has 1 fully saturated rings. The summed E-state index contributed by atoms with van der Waals surface area (Å²) in [6, 6.07) is 6.00. The van der Waals surface area contributed by atoms with Crippen molar-refractivity contribution in [3.05, 3.63) is 40.2 Å². The summed E-state index contributed by atoms with van der Waals surface area (Å²) in [5, 5.41) is 3.35. The molecule has 0 unspecified atom stereocenters. The largest absolute Gasteiger partial charge is 0.350 e. The van der Waals surface area contributed by atoms with Gasteiger partial charge in [-0.15, -0.1) is 0 Å². The Hall–Kier alpha value is -2.23. The van der Waals surface area contributed by atoms with Crippen molar-refractivity contribution in [2.24, 2.45) is 0 Å². The monoisotopic (exact) mass is 434 g/mol. The average molecular weight is 435 g/mol. The maximum absolute atomic E-state index is 12.9. The number of hydrogen-bond donors (Lipinski definition) is 2. The Morgan fingerprint density at radius 1 is 1.23 bits per heavy atom. The number of H-pyrrole nitrogens is 1. The van der Waals surface area contributed by atoms with Gasteiger partial charge in [0.2, 0.25) is 15.6 Å². The number of amides is 1. The zero-order chi connectivity index (χ0) is 21.9. The van der Waals surface area contributed by atoms with Gasteiger partial charge in [-0.1, -0.05) is 20.8 Å². The lowest BCUT2D eigenvalue weighted by molar-refractivity contribution is 0.0943. The van der Waals surface area contributed by atoms with E-state index in [-0.39, 0.29) is 22.4 Å². The van der Waals surface area contributed by atoms with Gasteiger partial charge < -0.3 is 10.3 Å². The number of aromatic amines is 1.